The summed E-state index contributed by atoms with van der Waals surface area (Å²) in [6.45, 7) is 10.6. The highest BCUT2D eigenvalue weighted by molar-refractivity contribution is 5.78. The van der Waals surface area contributed by atoms with Crippen molar-refractivity contribution in [1.29, 1.82) is 0 Å². The highest BCUT2D eigenvalue weighted by Crippen LogP contribution is 2.32. The van der Waals surface area contributed by atoms with E-state index in [1.165, 1.54) is 0 Å². The first-order chi connectivity index (χ1) is 19.7. The van der Waals surface area contributed by atoms with Crippen molar-refractivity contribution < 1.29 is 28.8 Å². The molecule has 1 amide bonds. The number of nitrogens with one attached hydrogen (secondary N) is 1. The predicted octanol–water partition coefficient (Wildman–Crippen LogP) is 5.70. The number of carbonyl (C=O) groups excluding carboxylic acids is 1. The first kappa shape index (κ1) is 34.7. The van der Waals surface area contributed by atoms with Gasteiger partial charge in [-0.15, -0.1) is 0 Å². The van der Waals surface area contributed by atoms with E-state index in [0.29, 0.717) is 37.7 Å². The van der Waals surface area contributed by atoms with E-state index in [1.807, 2.05) is 32.0 Å². The Labute approximate surface area is 246 Å². The van der Waals surface area contributed by atoms with Crippen molar-refractivity contribution in [3.63, 3.8) is 0 Å². The van der Waals surface area contributed by atoms with Crippen molar-refractivity contribution in [1.82, 2.24) is 5.32 Å². The number of carbonyl (C=O) groups is 1. The van der Waals surface area contributed by atoms with Gasteiger partial charge in [-0.05, 0) is 79.5 Å². The van der Waals surface area contributed by atoms with E-state index in [2.05, 4.69) is 29.2 Å². The molecule has 0 aromatic heterocycles. The van der Waals surface area contributed by atoms with E-state index in [1.54, 1.807) is 14.2 Å². The van der Waals surface area contributed by atoms with Crippen LogP contribution in [-0.4, -0.2) is 69.8 Å². The lowest BCUT2D eigenvalue weighted by Gasteiger charge is -2.30. The summed E-state index contributed by atoms with van der Waals surface area (Å²) >= 11 is 0. The second-order valence-electron chi connectivity index (χ2n) is 11.8. The zero-order valence-corrected chi connectivity index (χ0v) is 25.9. The molecule has 0 radical (unpaired) electrons. The summed E-state index contributed by atoms with van der Waals surface area (Å²) in [7, 11) is 3.29. The minimum absolute atomic E-state index is 0.0196. The van der Waals surface area contributed by atoms with Crippen molar-refractivity contribution in [2.24, 2.45) is 28.8 Å². The third-order valence-electron chi connectivity index (χ3n) is 8.02. The molecule has 1 saturated heterocycles. The van der Waals surface area contributed by atoms with Crippen molar-refractivity contribution in [2.75, 3.05) is 40.6 Å². The number of hydrogen-bond donors (Lipinski definition) is 2. The fourth-order valence-electron chi connectivity index (χ4n) is 5.31. The van der Waals surface area contributed by atoms with Crippen LogP contribution in [0, 0.1) is 23.7 Å². The van der Waals surface area contributed by atoms with Crippen LogP contribution in [-0.2, 0) is 20.7 Å². The van der Waals surface area contributed by atoms with Gasteiger partial charge in [0, 0.05) is 44.1 Å². The van der Waals surface area contributed by atoms with Crippen LogP contribution in [0.3, 0.4) is 0 Å². The Balaban J connectivity index is 2.08. The Hall–Kier alpha value is -2.52. The molecule has 1 unspecified atom stereocenters. The number of hydrogen-bond acceptors (Lipinski definition) is 7. The number of azide groups is 1. The SMILES string of the molecule is COCCCOc1cc(C[C@@H](C[C@H](N=[N+]=[N-])[C@@H](O)C[C@H](C(=O)NCC2CCCCO2)C(C)C)C(C)C)ccc1OC. The van der Waals surface area contributed by atoms with Gasteiger partial charge in [0.25, 0.3) is 0 Å². The van der Waals surface area contributed by atoms with Crippen molar-refractivity contribution >= 4 is 5.91 Å². The summed E-state index contributed by atoms with van der Waals surface area (Å²) < 4.78 is 22.3. The van der Waals surface area contributed by atoms with E-state index in [9.17, 15) is 15.4 Å². The normalized spacial score (nSPS) is 18.3. The quantitative estimate of drug-likeness (QED) is 0.0938. The van der Waals surface area contributed by atoms with Crippen LogP contribution in [0.15, 0.2) is 23.3 Å². The van der Waals surface area contributed by atoms with Gasteiger partial charge >= 0.3 is 0 Å². The Morgan fingerprint density at radius 2 is 1.93 bits per heavy atom. The average Bonchev–Trinajstić information content (AvgIpc) is 2.96. The van der Waals surface area contributed by atoms with Gasteiger partial charge < -0.3 is 29.4 Å². The summed E-state index contributed by atoms with van der Waals surface area (Å²) in [5, 5.41) is 18.3. The van der Waals surface area contributed by atoms with Crippen LogP contribution in [0.5, 0.6) is 11.5 Å². The average molecular weight is 577 g/mol. The maximum atomic E-state index is 13.1. The van der Waals surface area contributed by atoms with E-state index in [0.717, 1.165) is 44.3 Å². The Morgan fingerprint density at radius 3 is 2.54 bits per heavy atom. The number of aliphatic hydroxyl groups is 1. The van der Waals surface area contributed by atoms with Gasteiger partial charge in [0.2, 0.25) is 5.91 Å². The first-order valence-electron chi connectivity index (χ1n) is 15.1. The molecule has 2 rings (SSSR count). The third-order valence-corrected chi connectivity index (χ3v) is 8.02. The van der Waals surface area contributed by atoms with Gasteiger partial charge in [0.15, 0.2) is 11.5 Å². The predicted molar refractivity (Wildman–Crippen MR) is 160 cm³/mol. The summed E-state index contributed by atoms with van der Waals surface area (Å²) in [6, 6.07) is 5.27. The zero-order chi connectivity index (χ0) is 30.2. The summed E-state index contributed by atoms with van der Waals surface area (Å²) in [5.74, 6) is 1.27. The fourth-order valence-corrected chi connectivity index (χ4v) is 5.31. The highest BCUT2D eigenvalue weighted by atomic mass is 16.5. The molecule has 0 bridgehead atoms. The molecular formula is C31H52N4O6. The zero-order valence-electron chi connectivity index (χ0n) is 25.9. The second-order valence-corrected chi connectivity index (χ2v) is 11.8. The van der Waals surface area contributed by atoms with Crippen LogP contribution >= 0.6 is 0 Å². The Morgan fingerprint density at radius 1 is 1.15 bits per heavy atom. The summed E-state index contributed by atoms with van der Waals surface area (Å²) in [6.07, 6.45) is 4.44. The van der Waals surface area contributed by atoms with Crippen LogP contribution in [0.2, 0.25) is 0 Å². The number of nitrogens with zero attached hydrogens (tertiary/aromatic N) is 3. The summed E-state index contributed by atoms with van der Waals surface area (Å²) in [5.41, 5.74) is 10.4. The van der Waals surface area contributed by atoms with Crippen LogP contribution in [0.4, 0.5) is 0 Å². The number of benzene rings is 1. The van der Waals surface area contributed by atoms with Crippen molar-refractivity contribution in [2.45, 2.75) is 90.9 Å². The maximum absolute atomic E-state index is 13.1. The third kappa shape index (κ3) is 12.1. The maximum Gasteiger partial charge on any atom is 0.223 e. The largest absolute Gasteiger partial charge is 0.493 e. The van der Waals surface area contributed by atoms with Gasteiger partial charge in [0.05, 0.1) is 32.0 Å². The molecule has 41 heavy (non-hydrogen) atoms. The fraction of sp³-hybridized carbons (Fsp3) is 0.774. The molecule has 10 heteroatoms. The van der Waals surface area contributed by atoms with Crippen LogP contribution < -0.4 is 14.8 Å². The molecule has 0 aliphatic carbocycles. The second kappa shape index (κ2) is 18.8. The van der Waals surface area contributed by atoms with Crippen LogP contribution in [0.1, 0.15) is 71.8 Å². The smallest absolute Gasteiger partial charge is 0.223 e. The minimum Gasteiger partial charge on any atom is -0.493 e. The molecule has 0 saturated carbocycles. The molecule has 1 aromatic carbocycles. The van der Waals surface area contributed by atoms with E-state index < -0.39 is 18.1 Å². The van der Waals surface area contributed by atoms with Gasteiger partial charge in [-0.1, -0.05) is 38.9 Å². The van der Waals surface area contributed by atoms with Gasteiger partial charge in [-0.3, -0.25) is 4.79 Å². The van der Waals surface area contributed by atoms with E-state index in [-0.39, 0.29) is 36.2 Å². The minimum atomic E-state index is -0.938. The molecule has 1 aliphatic heterocycles. The molecular weight excluding hydrogens is 524 g/mol. The highest BCUT2D eigenvalue weighted by Gasteiger charge is 2.31. The first-order valence-corrected chi connectivity index (χ1v) is 15.1. The Kier molecular flexibility index (Phi) is 15.9. The number of ether oxygens (including phenoxy) is 4. The van der Waals surface area contributed by atoms with E-state index in [4.69, 9.17) is 18.9 Å². The Bertz CT molecular complexity index is 947. The van der Waals surface area contributed by atoms with Gasteiger partial charge in [0.1, 0.15) is 0 Å². The van der Waals surface area contributed by atoms with Crippen molar-refractivity contribution in [3.05, 3.63) is 34.2 Å². The van der Waals surface area contributed by atoms with E-state index >= 15 is 0 Å². The molecule has 5 atom stereocenters. The van der Waals surface area contributed by atoms with Crippen molar-refractivity contribution in [3.8, 4) is 11.5 Å². The molecule has 1 heterocycles. The molecule has 0 spiro atoms. The lowest BCUT2D eigenvalue weighted by Crippen LogP contribution is -2.42. The molecule has 1 aromatic rings. The molecule has 232 valence electrons. The van der Waals surface area contributed by atoms with Crippen LogP contribution in [0.25, 0.3) is 10.4 Å². The number of rotatable bonds is 19. The summed E-state index contributed by atoms with van der Waals surface area (Å²) in [4.78, 5) is 16.2. The lowest BCUT2D eigenvalue weighted by molar-refractivity contribution is -0.128. The monoisotopic (exact) mass is 576 g/mol. The number of methoxy groups -OCH3 is 2. The standard InChI is InChI=1S/C31H52N4O6/c1-21(2)24(16-23-11-12-29(39-6)30(17-23)41-15-9-13-38-5)18-27(34-35-32)28(36)19-26(22(3)4)31(37)33-20-25-10-7-8-14-40-25/h11-12,17,21-22,24-28,36H,7-10,13-16,18-20H2,1-6H3,(H,33,37)/t24-,25?,26-,27-,28-/m0/s1. The molecule has 10 nitrogen and oxygen atoms in total. The number of amides is 1. The lowest BCUT2D eigenvalue weighted by atomic mass is 9.80. The van der Waals surface area contributed by atoms with Gasteiger partial charge in [-0.25, -0.2) is 0 Å². The molecule has 1 aliphatic rings. The molecule has 1 fully saturated rings. The molecule has 2 N–H and O–H groups in total. The number of aliphatic hydroxyl groups excluding tert-OH is 1. The van der Waals surface area contributed by atoms with Gasteiger partial charge in [-0.2, -0.15) is 0 Å². The topological polar surface area (TPSA) is 135 Å².